The monoisotopic (exact) mass is 680 g/mol. The molecule has 2 atom stereocenters. The second kappa shape index (κ2) is 40.8. The van der Waals surface area contributed by atoms with Crippen LogP contribution in [-0.4, -0.2) is 34.9 Å². The van der Waals surface area contributed by atoms with Crippen molar-refractivity contribution >= 4 is 5.91 Å². The van der Waals surface area contributed by atoms with E-state index in [9.17, 15) is 15.0 Å². The molecule has 0 aromatic carbocycles. The lowest BCUT2D eigenvalue weighted by Crippen LogP contribution is -2.45. The summed E-state index contributed by atoms with van der Waals surface area (Å²) in [5, 5.41) is 23.1. The lowest BCUT2D eigenvalue weighted by atomic mass is 10.0. The largest absolute Gasteiger partial charge is 0.394 e. The normalized spacial score (nSPS) is 12.8. The number of aliphatic hydroxyl groups is 2. The lowest BCUT2D eigenvalue weighted by Gasteiger charge is -2.22. The molecule has 48 heavy (non-hydrogen) atoms. The molecule has 288 valence electrons. The van der Waals surface area contributed by atoms with Gasteiger partial charge in [0, 0.05) is 6.42 Å². The van der Waals surface area contributed by atoms with Crippen LogP contribution in [0.25, 0.3) is 0 Å². The van der Waals surface area contributed by atoms with Crippen molar-refractivity contribution in [2.75, 3.05) is 6.61 Å². The summed E-state index contributed by atoms with van der Waals surface area (Å²) in [5.41, 5.74) is 0. The minimum absolute atomic E-state index is 0.0299. The average molecular weight is 680 g/mol. The molecule has 0 saturated heterocycles. The van der Waals surface area contributed by atoms with Gasteiger partial charge in [-0.25, -0.2) is 0 Å². The van der Waals surface area contributed by atoms with E-state index in [2.05, 4.69) is 19.2 Å². The number of unbranched alkanes of at least 4 members (excludes halogenated alkanes) is 34. The molecule has 0 aromatic heterocycles. The maximum absolute atomic E-state index is 12.3. The van der Waals surface area contributed by atoms with E-state index >= 15 is 0 Å². The molecule has 2 unspecified atom stereocenters. The molecule has 1 amide bonds. The zero-order valence-corrected chi connectivity index (χ0v) is 33.0. The third kappa shape index (κ3) is 36.7. The number of amides is 1. The van der Waals surface area contributed by atoms with Gasteiger partial charge in [0.05, 0.1) is 18.8 Å². The average Bonchev–Trinajstić information content (AvgIpc) is 3.09. The first-order chi connectivity index (χ1) is 23.7. The number of carbonyl (C=O) groups excluding carboxylic acids is 1. The molecule has 4 nitrogen and oxygen atoms in total. The number of rotatable bonds is 41. The highest BCUT2D eigenvalue weighted by Crippen LogP contribution is 2.17. The van der Waals surface area contributed by atoms with Gasteiger partial charge in [0.15, 0.2) is 0 Å². The van der Waals surface area contributed by atoms with Gasteiger partial charge < -0.3 is 15.5 Å². The highest BCUT2D eigenvalue weighted by Gasteiger charge is 2.20. The predicted molar refractivity (Wildman–Crippen MR) is 212 cm³/mol. The Morgan fingerprint density at radius 3 is 0.938 bits per heavy atom. The number of carbonyl (C=O) groups is 1. The van der Waals surface area contributed by atoms with Crippen LogP contribution < -0.4 is 5.32 Å². The quantitative estimate of drug-likeness (QED) is 0.0563. The van der Waals surface area contributed by atoms with Crippen LogP contribution in [0.2, 0.25) is 0 Å². The molecule has 0 rings (SSSR count). The summed E-state index contributed by atoms with van der Waals surface area (Å²) in [4.78, 5) is 12.3. The Kier molecular flexibility index (Phi) is 40.3. The van der Waals surface area contributed by atoms with Crippen molar-refractivity contribution in [2.24, 2.45) is 0 Å². The van der Waals surface area contributed by atoms with Crippen LogP contribution in [0.15, 0.2) is 0 Å². The second-order valence-corrected chi connectivity index (χ2v) is 15.5. The van der Waals surface area contributed by atoms with Crippen molar-refractivity contribution in [3.8, 4) is 0 Å². The summed E-state index contributed by atoms with van der Waals surface area (Å²) < 4.78 is 0. The minimum Gasteiger partial charge on any atom is -0.394 e. The molecule has 0 aliphatic rings. The summed E-state index contributed by atoms with van der Waals surface area (Å²) in [6.07, 6.45) is 49.1. The molecule has 0 aliphatic heterocycles. The Bertz CT molecular complexity index is 612. The highest BCUT2D eigenvalue weighted by molar-refractivity contribution is 5.76. The maximum atomic E-state index is 12.3. The van der Waals surface area contributed by atoms with Crippen LogP contribution in [0.4, 0.5) is 0 Å². The third-order valence-electron chi connectivity index (χ3n) is 10.6. The van der Waals surface area contributed by atoms with E-state index in [0.29, 0.717) is 12.8 Å². The van der Waals surface area contributed by atoms with Crippen molar-refractivity contribution in [2.45, 2.75) is 270 Å². The summed E-state index contributed by atoms with van der Waals surface area (Å²) in [6.45, 7) is 4.36. The fourth-order valence-electron chi connectivity index (χ4n) is 7.19. The molecule has 3 N–H and O–H groups in total. The SMILES string of the molecule is CCCCCCCCCCCCCCCCCCCCCCCCCCCCC(O)C(CO)NC(=O)CCCCCCCCCCCC. The van der Waals surface area contributed by atoms with E-state index in [1.807, 2.05) is 0 Å². The second-order valence-electron chi connectivity index (χ2n) is 15.5. The van der Waals surface area contributed by atoms with E-state index in [4.69, 9.17) is 0 Å². The number of hydrogen-bond donors (Lipinski definition) is 3. The zero-order chi connectivity index (χ0) is 35.0. The van der Waals surface area contributed by atoms with Crippen LogP contribution in [0.5, 0.6) is 0 Å². The summed E-state index contributed by atoms with van der Waals surface area (Å²) >= 11 is 0. The highest BCUT2D eigenvalue weighted by atomic mass is 16.3. The van der Waals surface area contributed by atoms with E-state index in [-0.39, 0.29) is 12.5 Å². The standard InChI is InChI=1S/C44H89NO3/c1-3-5-7-9-11-13-15-16-17-18-19-20-21-22-23-24-25-26-27-28-29-30-31-33-35-37-39-43(47)42(41-46)45-44(48)40-38-36-34-32-14-12-10-8-6-4-2/h42-43,46-47H,3-41H2,1-2H3,(H,45,48). The first kappa shape index (κ1) is 47.4. The van der Waals surface area contributed by atoms with Gasteiger partial charge >= 0.3 is 0 Å². The van der Waals surface area contributed by atoms with Crippen molar-refractivity contribution in [3.05, 3.63) is 0 Å². The van der Waals surface area contributed by atoms with E-state index in [1.54, 1.807) is 0 Å². The van der Waals surface area contributed by atoms with Gasteiger partial charge in [-0.1, -0.05) is 239 Å². The molecule has 4 heteroatoms. The van der Waals surface area contributed by atoms with Gasteiger partial charge in [0.1, 0.15) is 0 Å². The minimum atomic E-state index is -0.652. The maximum Gasteiger partial charge on any atom is 0.220 e. The number of aliphatic hydroxyl groups excluding tert-OH is 2. The Hall–Kier alpha value is -0.610. The van der Waals surface area contributed by atoms with Gasteiger partial charge in [-0.15, -0.1) is 0 Å². The van der Waals surface area contributed by atoms with Crippen LogP contribution in [-0.2, 0) is 4.79 Å². The third-order valence-corrected chi connectivity index (χ3v) is 10.6. The van der Waals surface area contributed by atoms with Gasteiger partial charge in [0.2, 0.25) is 5.91 Å². The molecule has 0 aliphatic carbocycles. The molecule has 0 spiro atoms. The predicted octanol–water partition coefficient (Wildman–Crippen LogP) is 13.7. The van der Waals surface area contributed by atoms with Crippen molar-refractivity contribution in [1.29, 1.82) is 0 Å². The Morgan fingerprint density at radius 2 is 0.667 bits per heavy atom. The lowest BCUT2D eigenvalue weighted by molar-refractivity contribution is -0.123. The summed E-state index contributed by atoms with van der Waals surface area (Å²) in [5.74, 6) is -0.0299. The Labute approximate surface area is 302 Å². The molecule has 0 heterocycles. The van der Waals surface area contributed by atoms with Crippen molar-refractivity contribution in [1.82, 2.24) is 5.32 Å². The summed E-state index contributed by atoms with van der Waals surface area (Å²) in [7, 11) is 0. The van der Waals surface area contributed by atoms with Crippen LogP contribution in [0.1, 0.15) is 258 Å². The molecule has 0 aromatic rings. The van der Waals surface area contributed by atoms with Crippen LogP contribution >= 0.6 is 0 Å². The van der Waals surface area contributed by atoms with Crippen molar-refractivity contribution in [3.63, 3.8) is 0 Å². The van der Waals surface area contributed by atoms with Gasteiger partial charge in [-0.05, 0) is 12.8 Å². The van der Waals surface area contributed by atoms with Gasteiger partial charge in [-0.3, -0.25) is 4.79 Å². The fourth-order valence-corrected chi connectivity index (χ4v) is 7.19. The molecule has 0 saturated carbocycles. The van der Waals surface area contributed by atoms with Crippen LogP contribution in [0, 0.1) is 0 Å². The van der Waals surface area contributed by atoms with Crippen LogP contribution in [0.3, 0.4) is 0 Å². The zero-order valence-electron chi connectivity index (χ0n) is 33.0. The first-order valence-corrected chi connectivity index (χ1v) is 22.2. The molecule has 0 bridgehead atoms. The molecule has 0 fully saturated rings. The number of hydrogen-bond acceptors (Lipinski definition) is 3. The molecular formula is C44H89NO3. The fraction of sp³-hybridized carbons (Fsp3) is 0.977. The van der Waals surface area contributed by atoms with Crippen molar-refractivity contribution < 1.29 is 15.0 Å². The Balaban J connectivity index is 3.39. The van der Waals surface area contributed by atoms with Gasteiger partial charge in [0.25, 0.3) is 0 Å². The van der Waals surface area contributed by atoms with E-state index < -0.39 is 12.1 Å². The van der Waals surface area contributed by atoms with Gasteiger partial charge in [-0.2, -0.15) is 0 Å². The summed E-state index contributed by atoms with van der Waals surface area (Å²) in [6, 6.07) is -0.528. The Morgan fingerprint density at radius 1 is 0.417 bits per heavy atom. The smallest absolute Gasteiger partial charge is 0.220 e. The van der Waals surface area contributed by atoms with E-state index in [0.717, 1.165) is 25.7 Å². The van der Waals surface area contributed by atoms with E-state index in [1.165, 1.54) is 205 Å². The topological polar surface area (TPSA) is 69.6 Å². The first-order valence-electron chi connectivity index (χ1n) is 22.2. The molecule has 0 radical (unpaired) electrons. The molecular weight excluding hydrogens is 590 g/mol. The number of nitrogens with one attached hydrogen (secondary N) is 1.